The van der Waals surface area contributed by atoms with Crippen LogP contribution < -0.4 is 4.72 Å². The van der Waals surface area contributed by atoms with Crippen LogP contribution in [0.2, 0.25) is 0 Å². The summed E-state index contributed by atoms with van der Waals surface area (Å²) in [5.74, 6) is -1.06. The molecule has 1 heterocycles. The molecule has 7 heteroatoms. The molecular formula is C10H15NO5S. The second kappa shape index (κ2) is 5.33. The molecule has 0 spiro atoms. The zero-order chi connectivity index (χ0) is 13.1. The minimum Gasteiger partial charge on any atom is -0.475 e. The predicted molar refractivity (Wildman–Crippen MR) is 61.1 cm³/mol. The number of carboxylic acids is 1. The van der Waals surface area contributed by atoms with Gasteiger partial charge in [-0.3, -0.25) is 0 Å². The van der Waals surface area contributed by atoms with Gasteiger partial charge in [0, 0.05) is 0 Å². The fourth-order valence-electron chi connectivity index (χ4n) is 1.27. The van der Waals surface area contributed by atoms with E-state index in [4.69, 9.17) is 9.52 Å². The van der Waals surface area contributed by atoms with Crippen molar-refractivity contribution >= 4 is 16.0 Å². The Balaban J connectivity index is 2.58. The summed E-state index contributed by atoms with van der Waals surface area (Å²) in [6, 6.07) is 2.72. The Hall–Kier alpha value is -1.34. The molecule has 0 aliphatic heterocycles. The Kier molecular flexibility index (Phi) is 4.30. The number of furan rings is 1. The lowest BCUT2D eigenvalue weighted by Crippen LogP contribution is -2.27. The second-order valence-electron chi connectivity index (χ2n) is 4.07. The van der Waals surface area contributed by atoms with Crippen LogP contribution in [0.1, 0.15) is 30.2 Å². The summed E-state index contributed by atoms with van der Waals surface area (Å²) >= 11 is 0. The first-order chi connectivity index (χ1) is 7.80. The smallest absolute Gasteiger partial charge is 0.371 e. The lowest BCUT2D eigenvalue weighted by Gasteiger charge is -2.07. The number of aromatic carboxylic acids is 1. The van der Waals surface area contributed by atoms with Crippen LogP contribution >= 0.6 is 0 Å². The molecular weight excluding hydrogens is 246 g/mol. The first kappa shape index (κ1) is 13.7. The summed E-state index contributed by atoms with van der Waals surface area (Å²) in [5, 5.41) is 8.61. The Morgan fingerprint density at radius 1 is 1.47 bits per heavy atom. The molecule has 1 aromatic rings. The van der Waals surface area contributed by atoms with E-state index in [1.807, 2.05) is 0 Å². The van der Waals surface area contributed by atoms with Gasteiger partial charge >= 0.3 is 5.97 Å². The van der Waals surface area contributed by atoms with Crippen molar-refractivity contribution in [1.29, 1.82) is 0 Å². The van der Waals surface area contributed by atoms with E-state index in [0.29, 0.717) is 0 Å². The molecule has 6 nitrogen and oxygen atoms in total. The molecule has 17 heavy (non-hydrogen) atoms. The minimum absolute atomic E-state index is 0.0266. The van der Waals surface area contributed by atoms with Crippen molar-refractivity contribution in [3.8, 4) is 0 Å². The number of hydrogen-bond donors (Lipinski definition) is 2. The largest absolute Gasteiger partial charge is 0.475 e. The predicted octanol–water partition coefficient (Wildman–Crippen LogP) is 1.05. The van der Waals surface area contributed by atoms with Crippen LogP contribution in [0, 0.1) is 5.92 Å². The third-order valence-electron chi connectivity index (χ3n) is 1.89. The van der Waals surface area contributed by atoms with Crippen LogP contribution in [0.15, 0.2) is 16.5 Å². The normalized spacial score (nSPS) is 11.9. The van der Waals surface area contributed by atoms with Gasteiger partial charge in [-0.25, -0.2) is 17.9 Å². The molecule has 0 amide bonds. The molecule has 1 aromatic heterocycles. The van der Waals surface area contributed by atoms with Gasteiger partial charge in [0.2, 0.25) is 15.8 Å². The Labute approximate surface area is 99.7 Å². The first-order valence-corrected chi connectivity index (χ1v) is 6.75. The van der Waals surface area contributed by atoms with Crippen LogP contribution in [0.25, 0.3) is 0 Å². The van der Waals surface area contributed by atoms with Gasteiger partial charge in [0.05, 0.1) is 12.3 Å². The standard InChI is InChI=1S/C10H15NO5S/c1-7(2)6-17(14,15)11-5-8-3-4-9(16-8)10(12)13/h3-4,7,11H,5-6H2,1-2H3,(H,12,13). The van der Waals surface area contributed by atoms with E-state index in [0.717, 1.165) is 0 Å². The molecule has 0 radical (unpaired) electrons. The van der Waals surface area contributed by atoms with Crippen molar-refractivity contribution < 1.29 is 22.7 Å². The molecule has 0 atom stereocenters. The van der Waals surface area contributed by atoms with Crippen molar-refractivity contribution in [2.75, 3.05) is 5.75 Å². The topological polar surface area (TPSA) is 96.6 Å². The zero-order valence-corrected chi connectivity index (χ0v) is 10.5. The summed E-state index contributed by atoms with van der Waals surface area (Å²) in [6.07, 6.45) is 0. The summed E-state index contributed by atoms with van der Waals surface area (Å²) < 4.78 is 30.2. The van der Waals surface area contributed by atoms with Gasteiger partial charge in [0.25, 0.3) is 0 Å². The van der Waals surface area contributed by atoms with E-state index in [-0.39, 0.29) is 29.7 Å². The highest BCUT2D eigenvalue weighted by molar-refractivity contribution is 7.89. The molecule has 0 fully saturated rings. The molecule has 0 aliphatic rings. The van der Waals surface area contributed by atoms with Gasteiger partial charge < -0.3 is 9.52 Å². The van der Waals surface area contributed by atoms with Crippen LogP contribution in [-0.2, 0) is 16.6 Å². The quantitative estimate of drug-likeness (QED) is 0.798. The number of nitrogens with one attached hydrogen (secondary N) is 1. The van der Waals surface area contributed by atoms with Gasteiger partial charge in [-0.2, -0.15) is 0 Å². The molecule has 0 aromatic carbocycles. The van der Waals surface area contributed by atoms with Crippen LogP contribution in [-0.4, -0.2) is 25.2 Å². The van der Waals surface area contributed by atoms with Crippen LogP contribution in [0.3, 0.4) is 0 Å². The number of carbonyl (C=O) groups is 1. The average Bonchev–Trinajstić information content (AvgIpc) is 2.61. The Bertz CT molecular complexity index is 489. The van der Waals surface area contributed by atoms with Gasteiger partial charge in [0.1, 0.15) is 5.76 Å². The maximum Gasteiger partial charge on any atom is 0.371 e. The van der Waals surface area contributed by atoms with Crippen molar-refractivity contribution in [3.63, 3.8) is 0 Å². The lowest BCUT2D eigenvalue weighted by atomic mass is 10.3. The summed E-state index contributed by atoms with van der Waals surface area (Å²) in [7, 11) is -3.35. The SMILES string of the molecule is CC(C)CS(=O)(=O)NCc1ccc(C(=O)O)o1. The average molecular weight is 261 g/mol. The molecule has 96 valence electrons. The molecule has 0 unspecified atom stereocenters. The van der Waals surface area contributed by atoms with E-state index < -0.39 is 16.0 Å². The first-order valence-electron chi connectivity index (χ1n) is 5.09. The molecule has 0 aliphatic carbocycles. The van der Waals surface area contributed by atoms with Gasteiger partial charge in [-0.15, -0.1) is 0 Å². The Morgan fingerprint density at radius 2 is 2.12 bits per heavy atom. The van der Waals surface area contributed by atoms with Crippen molar-refractivity contribution in [2.24, 2.45) is 5.92 Å². The van der Waals surface area contributed by atoms with E-state index in [1.54, 1.807) is 13.8 Å². The number of sulfonamides is 1. The van der Waals surface area contributed by atoms with Crippen molar-refractivity contribution in [3.05, 3.63) is 23.7 Å². The number of rotatable bonds is 6. The maximum atomic E-state index is 11.5. The number of carboxylic acid groups (broad SMARTS) is 1. The molecule has 0 bridgehead atoms. The summed E-state index contributed by atoms with van der Waals surface area (Å²) in [5.41, 5.74) is 0. The highest BCUT2D eigenvalue weighted by Crippen LogP contribution is 2.08. The molecule has 0 saturated heterocycles. The molecule has 0 saturated carbocycles. The maximum absolute atomic E-state index is 11.5. The third kappa shape index (κ3) is 4.58. The Morgan fingerprint density at radius 3 is 2.59 bits per heavy atom. The van der Waals surface area contributed by atoms with E-state index in [2.05, 4.69) is 4.72 Å². The molecule has 1 rings (SSSR count). The van der Waals surface area contributed by atoms with Gasteiger partial charge in [0.15, 0.2) is 0 Å². The van der Waals surface area contributed by atoms with Gasteiger partial charge in [-0.05, 0) is 18.1 Å². The van der Waals surface area contributed by atoms with Crippen LogP contribution in [0.5, 0.6) is 0 Å². The lowest BCUT2D eigenvalue weighted by molar-refractivity contribution is 0.0660. The van der Waals surface area contributed by atoms with Gasteiger partial charge in [-0.1, -0.05) is 13.8 Å². The molecule has 2 N–H and O–H groups in total. The van der Waals surface area contributed by atoms with Crippen molar-refractivity contribution in [2.45, 2.75) is 20.4 Å². The number of hydrogen-bond acceptors (Lipinski definition) is 4. The summed E-state index contributed by atoms with van der Waals surface area (Å²) in [6.45, 7) is 3.56. The third-order valence-corrected chi connectivity index (χ3v) is 3.58. The van der Waals surface area contributed by atoms with E-state index >= 15 is 0 Å². The van der Waals surface area contributed by atoms with Crippen LogP contribution in [0.4, 0.5) is 0 Å². The summed E-state index contributed by atoms with van der Waals surface area (Å²) in [4.78, 5) is 10.5. The fraction of sp³-hybridized carbons (Fsp3) is 0.500. The second-order valence-corrected chi connectivity index (χ2v) is 5.92. The zero-order valence-electron chi connectivity index (χ0n) is 9.63. The fourth-order valence-corrected chi connectivity index (χ4v) is 2.62. The minimum atomic E-state index is -3.35. The monoisotopic (exact) mass is 261 g/mol. The highest BCUT2D eigenvalue weighted by atomic mass is 32.2. The van der Waals surface area contributed by atoms with E-state index in [1.165, 1.54) is 12.1 Å². The van der Waals surface area contributed by atoms with E-state index in [9.17, 15) is 13.2 Å². The van der Waals surface area contributed by atoms with Crippen molar-refractivity contribution in [1.82, 2.24) is 4.72 Å². The highest BCUT2D eigenvalue weighted by Gasteiger charge is 2.14.